The van der Waals surface area contributed by atoms with Crippen molar-refractivity contribution >= 4 is 34.5 Å². The summed E-state index contributed by atoms with van der Waals surface area (Å²) < 4.78 is 5.42. The first-order valence-electron chi connectivity index (χ1n) is 6.45. The zero-order valence-corrected chi connectivity index (χ0v) is 13.8. The van der Waals surface area contributed by atoms with Crippen LogP contribution in [0.25, 0.3) is 0 Å². The van der Waals surface area contributed by atoms with Gasteiger partial charge in [-0.3, -0.25) is 0 Å². The van der Waals surface area contributed by atoms with Crippen LogP contribution in [0.3, 0.4) is 0 Å². The largest absolute Gasteiger partial charge is 0.496 e. The fourth-order valence-corrected chi connectivity index (χ4v) is 3.50. The zero-order valence-electron chi connectivity index (χ0n) is 11.5. The van der Waals surface area contributed by atoms with E-state index in [1.54, 1.807) is 24.5 Å². The van der Waals surface area contributed by atoms with E-state index in [1.165, 1.54) is 4.88 Å². The number of likely N-dealkylation sites (N-methyl/N-ethyl adjacent to an activating group) is 1. The molecule has 108 valence electrons. The highest BCUT2D eigenvalue weighted by atomic mass is 35.5. The SMILES string of the molecule is CCNC(Cc1cccc(Cl)c1Cl)c1sccc1OC. The van der Waals surface area contributed by atoms with Crippen molar-refractivity contribution in [2.75, 3.05) is 13.7 Å². The molecule has 0 aliphatic rings. The number of methoxy groups -OCH3 is 1. The monoisotopic (exact) mass is 329 g/mol. The van der Waals surface area contributed by atoms with E-state index in [2.05, 4.69) is 12.2 Å². The molecule has 2 nitrogen and oxygen atoms in total. The lowest BCUT2D eigenvalue weighted by atomic mass is 10.0. The summed E-state index contributed by atoms with van der Waals surface area (Å²) in [5, 5.41) is 6.75. The number of hydrogen-bond acceptors (Lipinski definition) is 3. The second-order valence-electron chi connectivity index (χ2n) is 4.38. The van der Waals surface area contributed by atoms with Gasteiger partial charge in [-0.05, 0) is 36.0 Å². The number of thiophene rings is 1. The third kappa shape index (κ3) is 3.47. The third-order valence-corrected chi connectivity index (χ3v) is 4.97. The van der Waals surface area contributed by atoms with Crippen molar-refractivity contribution in [2.45, 2.75) is 19.4 Å². The van der Waals surface area contributed by atoms with E-state index >= 15 is 0 Å². The van der Waals surface area contributed by atoms with Crippen LogP contribution in [0.1, 0.15) is 23.4 Å². The molecule has 0 aliphatic carbocycles. The van der Waals surface area contributed by atoms with Crippen LogP contribution in [0.5, 0.6) is 5.75 Å². The molecule has 1 aromatic carbocycles. The predicted molar refractivity (Wildman–Crippen MR) is 87.5 cm³/mol. The van der Waals surface area contributed by atoms with Gasteiger partial charge in [0, 0.05) is 6.04 Å². The molecule has 0 saturated carbocycles. The molecule has 0 aliphatic heterocycles. The maximum absolute atomic E-state index is 6.28. The van der Waals surface area contributed by atoms with Gasteiger partial charge in [0.25, 0.3) is 0 Å². The Morgan fingerprint density at radius 3 is 2.80 bits per heavy atom. The van der Waals surface area contributed by atoms with Crippen LogP contribution in [0.2, 0.25) is 10.0 Å². The summed E-state index contributed by atoms with van der Waals surface area (Å²) in [5.74, 6) is 0.916. The molecule has 0 amide bonds. The summed E-state index contributed by atoms with van der Waals surface area (Å²) in [6, 6.07) is 7.91. The van der Waals surface area contributed by atoms with Crippen LogP contribution >= 0.6 is 34.5 Å². The van der Waals surface area contributed by atoms with Gasteiger partial charge in [-0.2, -0.15) is 0 Å². The summed E-state index contributed by atoms with van der Waals surface area (Å²) in [4.78, 5) is 1.19. The molecule has 0 spiro atoms. The molecular weight excluding hydrogens is 313 g/mol. The van der Waals surface area contributed by atoms with Crippen LogP contribution in [-0.4, -0.2) is 13.7 Å². The number of halogens is 2. The first kappa shape index (κ1) is 15.6. The van der Waals surface area contributed by atoms with E-state index in [4.69, 9.17) is 27.9 Å². The minimum Gasteiger partial charge on any atom is -0.496 e. The summed E-state index contributed by atoms with van der Waals surface area (Å²) in [7, 11) is 1.70. The zero-order chi connectivity index (χ0) is 14.5. The summed E-state index contributed by atoms with van der Waals surface area (Å²) >= 11 is 14.1. The lowest BCUT2D eigenvalue weighted by molar-refractivity contribution is 0.403. The van der Waals surface area contributed by atoms with Crippen LogP contribution in [-0.2, 0) is 6.42 Å². The Bertz CT molecular complexity index is 571. The number of hydrogen-bond donors (Lipinski definition) is 1. The average molecular weight is 330 g/mol. The lowest BCUT2D eigenvalue weighted by Gasteiger charge is -2.19. The van der Waals surface area contributed by atoms with Crippen molar-refractivity contribution < 1.29 is 4.74 Å². The maximum atomic E-state index is 6.28. The predicted octanol–water partition coefficient (Wildman–Crippen LogP) is 4.96. The van der Waals surface area contributed by atoms with Crippen LogP contribution in [0.15, 0.2) is 29.6 Å². The molecule has 1 N–H and O–H groups in total. The lowest BCUT2D eigenvalue weighted by Crippen LogP contribution is -2.22. The Labute approximate surface area is 133 Å². The molecule has 2 aromatic rings. The van der Waals surface area contributed by atoms with Gasteiger partial charge in [0.2, 0.25) is 0 Å². The topological polar surface area (TPSA) is 21.3 Å². The van der Waals surface area contributed by atoms with E-state index < -0.39 is 0 Å². The van der Waals surface area contributed by atoms with E-state index in [1.807, 2.05) is 23.6 Å². The van der Waals surface area contributed by atoms with E-state index in [9.17, 15) is 0 Å². The quantitative estimate of drug-likeness (QED) is 0.808. The summed E-state index contributed by atoms with van der Waals surface area (Å²) in [6.45, 7) is 2.97. The highest BCUT2D eigenvalue weighted by Crippen LogP contribution is 2.35. The molecule has 1 aromatic heterocycles. The van der Waals surface area contributed by atoms with Crippen molar-refractivity contribution in [3.8, 4) is 5.75 Å². The van der Waals surface area contributed by atoms with E-state index in [0.29, 0.717) is 10.0 Å². The van der Waals surface area contributed by atoms with Gasteiger partial charge in [0.15, 0.2) is 0 Å². The Balaban J connectivity index is 2.28. The van der Waals surface area contributed by atoms with Gasteiger partial charge in [0.05, 0.1) is 22.0 Å². The molecule has 0 bridgehead atoms. The second kappa shape index (κ2) is 7.32. The van der Waals surface area contributed by atoms with Crippen LogP contribution < -0.4 is 10.1 Å². The minimum absolute atomic E-state index is 0.172. The van der Waals surface area contributed by atoms with Crippen molar-refractivity contribution in [3.05, 3.63) is 50.1 Å². The number of benzene rings is 1. The Morgan fingerprint density at radius 2 is 2.10 bits per heavy atom. The molecule has 2 rings (SSSR count). The fraction of sp³-hybridized carbons (Fsp3) is 0.333. The molecule has 5 heteroatoms. The van der Waals surface area contributed by atoms with Crippen molar-refractivity contribution in [1.29, 1.82) is 0 Å². The van der Waals surface area contributed by atoms with Crippen molar-refractivity contribution in [1.82, 2.24) is 5.32 Å². The second-order valence-corrected chi connectivity index (χ2v) is 6.11. The van der Waals surface area contributed by atoms with E-state index in [0.717, 1.165) is 24.3 Å². The number of rotatable bonds is 6. The molecule has 1 unspecified atom stereocenters. The number of ether oxygens (including phenoxy) is 1. The molecule has 20 heavy (non-hydrogen) atoms. The number of nitrogens with one attached hydrogen (secondary N) is 1. The van der Waals surface area contributed by atoms with Gasteiger partial charge in [-0.15, -0.1) is 11.3 Å². The Hall–Kier alpha value is -0.740. The normalized spacial score (nSPS) is 12.4. The van der Waals surface area contributed by atoms with Crippen LogP contribution in [0, 0.1) is 0 Å². The van der Waals surface area contributed by atoms with Gasteiger partial charge >= 0.3 is 0 Å². The van der Waals surface area contributed by atoms with Crippen LogP contribution in [0.4, 0.5) is 0 Å². The third-order valence-electron chi connectivity index (χ3n) is 3.10. The van der Waals surface area contributed by atoms with Gasteiger partial charge in [-0.25, -0.2) is 0 Å². The summed E-state index contributed by atoms with van der Waals surface area (Å²) in [6.07, 6.45) is 0.782. The molecule has 1 atom stereocenters. The standard InChI is InChI=1S/C15H17Cl2NOS/c1-3-18-12(15-13(19-2)7-8-20-15)9-10-5-4-6-11(16)14(10)17/h4-8,12,18H,3,9H2,1-2H3. The fourth-order valence-electron chi connectivity index (χ4n) is 2.16. The Kier molecular flexibility index (Phi) is 5.73. The molecular formula is C15H17Cl2NOS. The van der Waals surface area contributed by atoms with E-state index in [-0.39, 0.29) is 6.04 Å². The van der Waals surface area contributed by atoms with Crippen molar-refractivity contribution in [2.24, 2.45) is 0 Å². The highest BCUT2D eigenvalue weighted by molar-refractivity contribution is 7.10. The first-order valence-corrected chi connectivity index (χ1v) is 8.08. The molecule has 0 saturated heterocycles. The van der Waals surface area contributed by atoms with Gasteiger partial charge < -0.3 is 10.1 Å². The van der Waals surface area contributed by atoms with Crippen molar-refractivity contribution in [3.63, 3.8) is 0 Å². The Morgan fingerprint density at radius 1 is 1.30 bits per heavy atom. The first-order chi connectivity index (χ1) is 9.67. The molecule has 0 fully saturated rings. The summed E-state index contributed by atoms with van der Waals surface area (Å²) in [5.41, 5.74) is 1.04. The van der Waals surface area contributed by atoms with Gasteiger partial charge in [0.1, 0.15) is 5.75 Å². The molecule has 1 heterocycles. The van der Waals surface area contributed by atoms with Gasteiger partial charge in [-0.1, -0.05) is 42.3 Å². The molecule has 0 radical (unpaired) electrons. The average Bonchev–Trinajstić information content (AvgIpc) is 2.91. The maximum Gasteiger partial charge on any atom is 0.134 e. The highest BCUT2D eigenvalue weighted by Gasteiger charge is 2.19. The smallest absolute Gasteiger partial charge is 0.134 e. The minimum atomic E-state index is 0.172.